The number of halogens is 1. The van der Waals surface area contributed by atoms with Crippen molar-refractivity contribution in [1.82, 2.24) is 19.1 Å². The van der Waals surface area contributed by atoms with Crippen molar-refractivity contribution >= 4 is 32.7 Å². The van der Waals surface area contributed by atoms with Crippen LogP contribution in [0.2, 0.25) is 0 Å². The van der Waals surface area contributed by atoms with Crippen molar-refractivity contribution in [2.24, 2.45) is 7.05 Å². The molecule has 2 heterocycles. The summed E-state index contributed by atoms with van der Waals surface area (Å²) >= 11 is 3.21. The Bertz CT molecular complexity index is 1020. The Morgan fingerprint density at radius 1 is 1.26 bits per heavy atom. The molecule has 0 saturated carbocycles. The first-order chi connectivity index (χ1) is 10.9. The Balaban J connectivity index is 2.44. The average molecular weight is 377 g/mol. The van der Waals surface area contributed by atoms with Crippen molar-refractivity contribution in [2.75, 3.05) is 5.33 Å². The zero-order valence-electron chi connectivity index (χ0n) is 12.5. The molecule has 0 aromatic heterocycles. The first-order valence-corrected chi connectivity index (χ1v) is 8.04. The summed E-state index contributed by atoms with van der Waals surface area (Å²) in [4.78, 5) is 44.4. The fourth-order valence-electron chi connectivity index (χ4n) is 2.48. The van der Waals surface area contributed by atoms with Crippen LogP contribution in [0.3, 0.4) is 0 Å². The lowest BCUT2D eigenvalue weighted by atomic mass is 10.1. The number of aryl methyl sites for hydroxylation is 1. The largest absolute Gasteiger partial charge is 0.352 e. The number of fused-ring (bicyclic) bond motifs is 2. The lowest BCUT2D eigenvalue weighted by molar-refractivity contribution is 0.101. The zero-order chi connectivity index (χ0) is 16.7. The van der Waals surface area contributed by atoms with Crippen LogP contribution in [0.25, 0.3) is 22.6 Å². The van der Waals surface area contributed by atoms with Gasteiger partial charge in [0.25, 0.3) is 5.56 Å². The molecule has 0 fully saturated rings. The van der Waals surface area contributed by atoms with Gasteiger partial charge >= 0.3 is 5.69 Å². The van der Waals surface area contributed by atoms with Gasteiger partial charge in [-0.25, -0.2) is 9.78 Å². The summed E-state index contributed by atoms with van der Waals surface area (Å²) in [5, 5.41) is 0.462. The Morgan fingerprint density at radius 3 is 2.65 bits per heavy atom. The highest BCUT2D eigenvalue weighted by Gasteiger charge is 2.20. The van der Waals surface area contributed by atoms with Gasteiger partial charge in [-0.3, -0.25) is 14.2 Å². The van der Waals surface area contributed by atoms with Crippen molar-refractivity contribution in [3.05, 3.63) is 44.6 Å². The normalized spacial score (nSPS) is 11.3. The van der Waals surface area contributed by atoms with Crippen molar-refractivity contribution in [3.8, 4) is 11.5 Å². The minimum Gasteiger partial charge on any atom is -0.325 e. The van der Waals surface area contributed by atoms with Crippen molar-refractivity contribution < 1.29 is 4.79 Å². The van der Waals surface area contributed by atoms with Gasteiger partial charge < -0.3 is 4.57 Å². The molecule has 118 valence electrons. The van der Waals surface area contributed by atoms with Gasteiger partial charge in [-0.05, 0) is 25.1 Å². The van der Waals surface area contributed by atoms with Crippen molar-refractivity contribution in [1.29, 1.82) is 0 Å². The minimum absolute atomic E-state index is 0.0822. The number of aromatic nitrogens is 4. The summed E-state index contributed by atoms with van der Waals surface area (Å²) in [5.41, 5.74) is 0.742. The number of carbonyl (C=O) groups is 1. The van der Waals surface area contributed by atoms with E-state index in [-0.39, 0.29) is 23.8 Å². The lowest BCUT2D eigenvalue weighted by Gasteiger charge is -2.14. The van der Waals surface area contributed by atoms with Crippen LogP contribution in [0.5, 0.6) is 0 Å². The first-order valence-electron chi connectivity index (χ1n) is 6.92. The number of hydrogen-bond donors (Lipinski definition) is 0. The summed E-state index contributed by atoms with van der Waals surface area (Å²) in [6.45, 7) is 1.69. The number of ketones is 1. The Hall–Kier alpha value is -2.35. The van der Waals surface area contributed by atoms with Crippen molar-refractivity contribution in [3.63, 3.8) is 0 Å². The van der Waals surface area contributed by atoms with E-state index >= 15 is 0 Å². The molecular weight excluding hydrogens is 364 g/mol. The number of nitrogens with zero attached hydrogens (tertiary/aromatic N) is 4. The Kier molecular flexibility index (Phi) is 3.85. The van der Waals surface area contributed by atoms with Crippen LogP contribution in [-0.2, 0) is 13.6 Å². The average Bonchev–Trinajstić information content (AvgIpc) is 2.52. The molecule has 23 heavy (non-hydrogen) atoms. The third kappa shape index (κ3) is 2.48. The highest BCUT2D eigenvalue weighted by Crippen LogP contribution is 2.20. The molecule has 0 amide bonds. The number of carbonyl (C=O) groups excluding carboxylic acids is 1. The number of benzene rings is 1. The van der Waals surface area contributed by atoms with Crippen LogP contribution in [0, 0.1) is 0 Å². The van der Waals surface area contributed by atoms with E-state index in [9.17, 15) is 14.4 Å². The maximum atomic E-state index is 12.5. The molecule has 0 unspecified atom stereocenters. The van der Waals surface area contributed by atoms with E-state index in [0.29, 0.717) is 21.9 Å². The first kappa shape index (κ1) is 15.5. The predicted octanol–water partition coefficient (Wildman–Crippen LogP) is 1.19. The summed E-state index contributed by atoms with van der Waals surface area (Å²) in [7, 11) is 1.71. The second-order valence-corrected chi connectivity index (χ2v) is 5.94. The molecule has 8 heteroatoms. The highest BCUT2D eigenvalue weighted by atomic mass is 79.9. The molecule has 1 aromatic rings. The molecule has 0 saturated heterocycles. The molecule has 2 aliphatic rings. The van der Waals surface area contributed by atoms with Crippen LogP contribution in [0.4, 0.5) is 0 Å². The molecule has 3 rings (SSSR count). The minimum atomic E-state index is -0.598. The summed E-state index contributed by atoms with van der Waals surface area (Å²) in [5.74, 6) is 0.148. The fourth-order valence-corrected chi connectivity index (χ4v) is 2.83. The van der Waals surface area contributed by atoms with Crippen molar-refractivity contribution in [2.45, 2.75) is 13.5 Å². The SMILES string of the molecule is CC(=O)c1ccc2c(c1)nc1c(=O)n(CCBr)c(=O)nc-1n2C. The number of hydrogen-bond acceptors (Lipinski definition) is 5. The molecule has 0 spiro atoms. The van der Waals surface area contributed by atoms with E-state index in [1.807, 2.05) is 0 Å². The summed E-state index contributed by atoms with van der Waals surface area (Å²) in [6, 6.07) is 5.05. The van der Waals surface area contributed by atoms with Crippen LogP contribution in [0.1, 0.15) is 17.3 Å². The maximum absolute atomic E-state index is 12.5. The second kappa shape index (κ2) is 5.69. The standard InChI is InChI=1S/C15H13BrN4O3/c1-8(21)9-3-4-11-10(7-9)17-12-13(19(11)2)18-15(23)20(6-5-16)14(12)22/h3-4,7H,5-6H2,1-2H3. The molecule has 2 aliphatic heterocycles. The lowest BCUT2D eigenvalue weighted by Crippen LogP contribution is -2.38. The molecule has 0 aliphatic carbocycles. The van der Waals surface area contributed by atoms with E-state index in [2.05, 4.69) is 25.9 Å². The van der Waals surface area contributed by atoms with E-state index in [4.69, 9.17) is 0 Å². The second-order valence-electron chi connectivity index (χ2n) is 5.14. The smallest absolute Gasteiger partial charge is 0.325 e. The predicted molar refractivity (Wildman–Crippen MR) is 89.5 cm³/mol. The van der Waals surface area contributed by atoms with E-state index in [1.165, 1.54) is 6.92 Å². The van der Waals surface area contributed by atoms with Gasteiger partial charge in [0, 0.05) is 24.5 Å². The van der Waals surface area contributed by atoms with Gasteiger partial charge in [0.1, 0.15) is 0 Å². The van der Waals surface area contributed by atoms with Gasteiger partial charge in [-0.1, -0.05) is 15.9 Å². The van der Waals surface area contributed by atoms with E-state index in [1.54, 1.807) is 29.8 Å². The van der Waals surface area contributed by atoms with E-state index < -0.39 is 11.2 Å². The Labute approximate surface area is 139 Å². The van der Waals surface area contributed by atoms with Crippen LogP contribution in [-0.4, -0.2) is 30.2 Å². The number of rotatable bonds is 3. The monoisotopic (exact) mass is 376 g/mol. The quantitative estimate of drug-likeness (QED) is 0.389. The van der Waals surface area contributed by atoms with Crippen LogP contribution < -0.4 is 11.2 Å². The molecule has 0 bridgehead atoms. The molecule has 0 atom stereocenters. The highest BCUT2D eigenvalue weighted by molar-refractivity contribution is 9.09. The third-order valence-electron chi connectivity index (χ3n) is 3.69. The zero-order valence-corrected chi connectivity index (χ0v) is 14.1. The molecular formula is C15H13BrN4O3. The summed E-state index contributed by atoms with van der Waals surface area (Å²) < 4.78 is 2.69. The van der Waals surface area contributed by atoms with E-state index in [0.717, 1.165) is 4.57 Å². The van der Waals surface area contributed by atoms with Gasteiger partial charge in [0.15, 0.2) is 17.3 Å². The maximum Gasteiger partial charge on any atom is 0.352 e. The third-order valence-corrected chi connectivity index (χ3v) is 4.05. The molecule has 0 N–H and O–H groups in total. The molecule has 7 nitrogen and oxygen atoms in total. The molecule has 1 aromatic carbocycles. The number of alkyl halides is 1. The van der Waals surface area contributed by atoms with Gasteiger partial charge in [0.2, 0.25) is 0 Å². The van der Waals surface area contributed by atoms with Crippen LogP contribution >= 0.6 is 15.9 Å². The number of Topliss-reactive ketones (excluding diaryl/α,β-unsaturated/α-hetero) is 1. The van der Waals surface area contributed by atoms with Gasteiger partial charge in [0.05, 0.1) is 11.0 Å². The van der Waals surface area contributed by atoms with Gasteiger partial charge in [-0.2, -0.15) is 4.98 Å². The Morgan fingerprint density at radius 2 is 2.00 bits per heavy atom. The molecule has 0 radical (unpaired) electrons. The van der Waals surface area contributed by atoms with Crippen LogP contribution in [0.15, 0.2) is 27.8 Å². The topological polar surface area (TPSA) is 86.8 Å². The summed E-state index contributed by atoms with van der Waals surface area (Å²) in [6.07, 6.45) is 0. The van der Waals surface area contributed by atoms with Gasteiger partial charge in [-0.15, -0.1) is 0 Å². The fraction of sp³-hybridized carbons (Fsp3) is 0.267.